The monoisotopic (exact) mass is 327 g/mol. The second kappa shape index (κ2) is 6.51. The van der Waals surface area contributed by atoms with Crippen molar-refractivity contribution in [2.45, 2.75) is 12.6 Å². The molecule has 0 fully saturated rings. The van der Waals surface area contributed by atoms with E-state index in [-0.39, 0.29) is 24.4 Å². The minimum Gasteiger partial charge on any atom is -0.493 e. The van der Waals surface area contributed by atoms with E-state index in [4.69, 9.17) is 5.11 Å². The molecule has 1 amide bonds. The summed E-state index contributed by atoms with van der Waals surface area (Å²) in [4.78, 5) is 29.0. The number of nitrogens with zero attached hydrogens (tertiary/aromatic N) is 1. The Morgan fingerprint density at radius 3 is 2.48 bits per heavy atom. The van der Waals surface area contributed by atoms with Gasteiger partial charge in [0, 0.05) is 18.5 Å². The number of nitrogens with one attached hydrogen (secondary N) is 2. The largest absolute Gasteiger partial charge is 0.493 e. The fourth-order valence-electron chi connectivity index (χ4n) is 1.82. The van der Waals surface area contributed by atoms with Crippen molar-refractivity contribution in [2.24, 2.45) is 0 Å². The van der Waals surface area contributed by atoms with Crippen LogP contribution in [0.4, 0.5) is 13.2 Å². The standard InChI is InChI=1S/C14H12F3N3O3/c15-14(16,17)9-3-1-8(2-4-9)13(23)18-6-5-10-19-11(21)7-12(22)20-10/h1-4,7H,5-6H2,(H,18,23)(H2,19,20,21,22). The van der Waals surface area contributed by atoms with Crippen molar-refractivity contribution in [3.8, 4) is 5.88 Å². The smallest absolute Gasteiger partial charge is 0.416 e. The third-order valence-electron chi connectivity index (χ3n) is 2.90. The second-order valence-corrected chi connectivity index (χ2v) is 4.63. The molecule has 9 heteroatoms. The molecule has 2 rings (SSSR count). The Morgan fingerprint density at radius 2 is 1.91 bits per heavy atom. The Labute approximate surface area is 128 Å². The van der Waals surface area contributed by atoms with E-state index in [1.165, 1.54) is 0 Å². The molecule has 122 valence electrons. The zero-order valence-electron chi connectivity index (χ0n) is 11.6. The first-order valence-electron chi connectivity index (χ1n) is 6.50. The maximum Gasteiger partial charge on any atom is 0.416 e. The SMILES string of the molecule is O=C(NCCc1nc(O)cc(=O)[nH]1)c1ccc(C(F)(F)F)cc1. The van der Waals surface area contributed by atoms with Crippen LogP contribution in [-0.4, -0.2) is 27.5 Å². The molecule has 0 spiro atoms. The minimum atomic E-state index is -4.46. The molecule has 3 N–H and O–H groups in total. The van der Waals surface area contributed by atoms with Crippen molar-refractivity contribution in [3.63, 3.8) is 0 Å². The molecule has 0 saturated carbocycles. The number of aromatic nitrogens is 2. The van der Waals surface area contributed by atoms with Crippen molar-refractivity contribution in [2.75, 3.05) is 6.54 Å². The van der Waals surface area contributed by atoms with Crippen LogP contribution in [-0.2, 0) is 12.6 Å². The number of aromatic amines is 1. The molecule has 0 aliphatic carbocycles. The fourth-order valence-corrected chi connectivity index (χ4v) is 1.82. The van der Waals surface area contributed by atoms with Crippen LogP contribution in [0.5, 0.6) is 5.88 Å². The molecule has 0 unspecified atom stereocenters. The highest BCUT2D eigenvalue weighted by Crippen LogP contribution is 2.29. The summed E-state index contributed by atoms with van der Waals surface area (Å²) in [6, 6.07) is 4.70. The topological polar surface area (TPSA) is 95.1 Å². The normalized spacial score (nSPS) is 11.3. The third-order valence-corrected chi connectivity index (χ3v) is 2.90. The maximum atomic E-state index is 12.4. The molecule has 0 radical (unpaired) electrons. The molecule has 1 aromatic heterocycles. The minimum absolute atomic E-state index is 0.0790. The number of hydrogen-bond donors (Lipinski definition) is 3. The lowest BCUT2D eigenvalue weighted by Crippen LogP contribution is -2.26. The van der Waals surface area contributed by atoms with E-state index in [0.717, 1.165) is 30.3 Å². The highest BCUT2D eigenvalue weighted by atomic mass is 19.4. The summed E-state index contributed by atoms with van der Waals surface area (Å²) in [6.45, 7) is 0.0895. The van der Waals surface area contributed by atoms with Gasteiger partial charge in [-0.1, -0.05) is 0 Å². The van der Waals surface area contributed by atoms with E-state index in [2.05, 4.69) is 15.3 Å². The molecule has 0 atom stereocenters. The summed E-state index contributed by atoms with van der Waals surface area (Å²) < 4.78 is 37.3. The fraction of sp³-hybridized carbons (Fsp3) is 0.214. The summed E-state index contributed by atoms with van der Waals surface area (Å²) in [7, 11) is 0. The Balaban J connectivity index is 1.93. The Kier molecular flexibility index (Phi) is 4.68. The van der Waals surface area contributed by atoms with Crippen LogP contribution < -0.4 is 10.9 Å². The van der Waals surface area contributed by atoms with Crippen LogP contribution in [0.2, 0.25) is 0 Å². The summed E-state index contributed by atoms with van der Waals surface area (Å²) in [6.07, 6.45) is -4.31. The van der Waals surface area contributed by atoms with Gasteiger partial charge in [-0.15, -0.1) is 0 Å². The van der Waals surface area contributed by atoms with Gasteiger partial charge in [0.1, 0.15) is 5.82 Å². The summed E-state index contributed by atoms with van der Waals surface area (Å²) in [5.74, 6) is -0.804. The van der Waals surface area contributed by atoms with Gasteiger partial charge in [-0.05, 0) is 24.3 Å². The zero-order chi connectivity index (χ0) is 17.0. The lowest BCUT2D eigenvalue weighted by molar-refractivity contribution is -0.137. The number of aromatic hydroxyl groups is 1. The van der Waals surface area contributed by atoms with Crippen molar-refractivity contribution < 1.29 is 23.1 Å². The molecule has 2 aromatic rings. The predicted molar refractivity (Wildman–Crippen MR) is 74.0 cm³/mol. The van der Waals surface area contributed by atoms with Gasteiger partial charge in [0.2, 0.25) is 5.88 Å². The number of benzene rings is 1. The van der Waals surface area contributed by atoms with Crippen molar-refractivity contribution in [1.29, 1.82) is 0 Å². The Hall–Kier alpha value is -2.84. The molecule has 6 nitrogen and oxygen atoms in total. The molecule has 1 heterocycles. The number of halogens is 3. The molecule has 0 aliphatic rings. The predicted octanol–water partition coefficient (Wildman–Crippen LogP) is 1.47. The number of carbonyl (C=O) groups is 1. The highest BCUT2D eigenvalue weighted by molar-refractivity contribution is 5.94. The Morgan fingerprint density at radius 1 is 1.26 bits per heavy atom. The average Bonchev–Trinajstić information content (AvgIpc) is 2.45. The average molecular weight is 327 g/mol. The van der Waals surface area contributed by atoms with E-state index in [1.807, 2.05) is 0 Å². The first-order valence-corrected chi connectivity index (χ1v) is 6.50. The number of amides is 1. The lowest BCUT2D eigenvalue weighted by atomic mass is 10.1. The van der Waals surface area contributed by atoms with Crippen LogP contribution >= 0.6 is 0 Å². The zero-order valence-corrected chi connectivity index (χ0v) is 11.6. The van der Waals surface area contributed by atoms with Crippen LogP contribution in [0, 0.1) is 0 Å². The highest BCUT2D eigenvalue weighted by Gasteiger charge is 2.30. The molecule has 0 bridgehead atoms. The first kappa shape index (κ1) is 16.5. The molecule has 23 heavy (non-hydrogen) atoms. The summed E-state index contributed by atoms with van der Waals surface area (Å²) in [5, 5.41) is 11.6. The van der Waals surface area contributed by atoms with Gasteiger partial charge in [-0.25, -0.2) is 4.98 Å². The molecular formula is C14H12F3N3O3. The lowest BCUT2D eigenvalue weighted by Gasteiger charge is -2.08. The van der Waals surface area contributed by atoms with Gasteiger partial charge in [-0.2, -0.15) is 13.2 Å². The number of rotatable bonds is 4. The van der Waals surface area contributed by atoms with E-state index in [1.54, 1.807) is 0 Å². The van der Waals surface area contributed by atoms with Crippen molar-refractivity contribution >= 4 is 5.91 Å². The number of alkyl halides is 3. The number of carbonyl (C=O) groups excluding carboxylic acids is 1. The van der Waals surface area contributed by atoms with Gasteiger partial charge in [0.25, 0.3) is 11.5 Å². The van der Waals surface area contributed by atoms with Crippen molar-refractivity contribution in [1.82, 2.24) is 15.3 Å². The van der Waals surface area contributed by atoms with Crippen molar-refractivity contribution in [3.05, 3.63) is 57.6 Å². The molecule has 1 aromatic carbocycles. The van der Waals surface area contributed by atoms with Gasteiger partial charge in [0.05, 0.1) is 11.6 Å². The quantitative estimate of drug-likeness (QED) is 0.792. The first-order chi connectivity index (χ1) is 10.8. The van der Waals surface area contributed by atoms with Crippen LogP contribution in [0.25, 0.3) is 0 Å². The van der Waals surface area contributed by atoms with E-state index in [0.29, 0.717) is 0 Å². The molecule has 0 aliphatic heterocycles. The van der Waals surface area contributed by atoms with E-state index < -0.39 is 29.1 Å². The van der Waals surface area contributed by atoms with Gasteiger partial charge in [-0.3, -0.25) is 9.59 Å². The van der Waals surface area contributed by atoms with Crippen LogP contribution in [0.1, 0.15) is 21.7 Å². The third kappa shape index (κ3) is 4.56. The van der Waals surface area contributed by atoms with Gasteiger partial charge in [0.15, 0.2) is 0 Å². The Bertz CT molecular complexity index is 754. The van der Waals surface area contributed by atoms with Gasteiger partial charge < -0.3 is 15.4 Å². The second-order valence-electron chi connectivity index (χ2n) is 4.63. The number of hydrogen-bond acceptors (Lipinski definition) is 4. The summed E-state index contributed by atoms with van der Waals surface area (Å²) >= 11 is 0. The van der Waals surface area contributed by atoms with Gasteiger partial charge >= 0.3 is 6.18 Å². The summed E-state index contributed by atoms with van der Waals surface area (Å²) in [5.41, 5.74) is -1.28. The van der Waals surface area contributed by atoms with E-state index >= 15 is 0 Å². The molecular weight excluding hydrogens is 315 g/mol. The number of H-pyrrole nitrogens is 1. The van der Waals surface area contributed by atoms with Crippen LogP contribution in [0.15, 0.2) is 35.1 Å². The maximum absolute atomic E-state index is 12.4. The van der Waals surface area contributed by atoms with Crippen LogP contribution in [0.3, 0.4) is 0 Å². The van der Waals surface area contributed by atoms with E-state index in [9.17, 15) is 22.8 Å². The molecule has 0 saturated heterocycles.